The number of hydrogen-bond donors (Lipinski definition) is 2. The number of carbonyl (C=O) groups excluding carboxylic acids is 2. The molecule has 0 radical (unpaired) electrons. The van der Waals surface area contributed by atoms with Crippen LogP contribution in [-0.2, 0) is 14.3 Å². The zero-order chi connectivity index (χ0) is 19.9. The second-order valence-corrected chi connectivity index (χ2v) is 8.59. The van der Waals surface area contributed by atoms with Gasteiger partial charge in [-0.25, -0.2) is 4.79 Å². The van der Waals surface area contributed by atoms with Crippen LogP contribution in [0, 0.1) is 28.6 Å². The molecule has 5 heteroatoms. The first-order chi connectivity index (χ1) is 12.1. The Morgan fingerprint density at radius 3 is 2.42 bits per heavy atom. The van der Waals surface area contributed by atoms with E-state index in [-0.39, 0.29) is 23.9 Å². The fourth-order valence-electron chi connectivity index (χ4n) is 5.62. The van der Waals surface area contributed by atoms with Gasteiger partial charge in [-0.1, -0.05) is 41.5 Å². The normalized spacial score (nSPS) is 44.7. The number of ether oxygens (including phenoxy) is 1. The maximum Gasteiger partial charge on any atom is 0.331 e. The van der Waals surface area contributed by atoms with Crippen LogP contribution in [0.2, 0.25) is 0 Å². The molecule has 148 valence electrons. The summed E-state index contributed by atoms with van der Waals surface area (Å²) in [6, 6.07) is 0. The Balaban J connectivity index is 0.00000117. The maximum atomic E-state index is 12.1. The molecule has 3 aliphatic rings. The first-order valence-electron chi connectivity index (χ1n) is 9.90. The summed E-state index contributed by atoms with van der Waals surface area (Å²) in [5, 5.41) is 21.4. The van der Waals surface area contributed by atoms with Gasteiger partial charge < -0.3 is 19.7 Å². The Morgan fingerprint density at radius 2 is 1.88 bits per heavy atom. The molecule has 3 rings (SSSR count). The molecule has 0 bridgehead atoms. The second-order valence-electron chi connectivity index (χ2n) is 8.59. The minimum absolute atomic E-state index is 0.0231. The smallest absolute Gasteiger partial charge is 0.331 e. The van der Waals surface area contributed by atoms with Gasteiger partial charge in [0.05, 0.1) is 17.6 Å². The summed E-state index contributed by atoms with van der Waals surface area (Å²) in [4.78, 5) is 24.0. The summed E-state index contributed by atoms with van der Waals surface area (Å²) >= 11 is 0. The molecule has 0 amide bonds. The number of hydrogen-bond acceptors (Lipinski definition) is 5. The lowest BCUT2D eigenvalue weighted by Crippen LogP contribution is -2.62. The topological polar surface area (TPSA) is 83.8 Å². The highest BCUT2D eigenvalue weighted by atomic mass is 16.5. The van der Waals surface area contributed by atoms with E-state index < -0.39 is 29.0 Å². The molecule has 7 atom stereocenters. The van der Waals surface area contributed by atoms with Gasteiger partial charge in [-0.3, -0.25) is 0 Å². The molecule has 2 fully saturated rings. The first kappa shape index (κ1) is 21.1. The van der Waals surface area contributed by atoms with Gasteiger partial charge in [-0.05, 0) is 36.2 Å². The Hall–Kier alpha value is -1.20. The molecule has 0 aromatic rings. The number of carbonyl (C=O) groups is 2. The Morgan fingerprint density at radius 1 is 1.27 bits per heavy atom. The number of aldehydes is 1. The van der Waals surface area contributed by atoms with Gasteiger partial charge >= 0.3 is 5.97 Å². The first-order valence-corrected chi connectivity index (χ1v) is 9.90. The van der Waals surface area contributed by atoms with Crippen molar-refractivity contribution >= 4 is 12.3 Å². The van der Waals surface area contributed by atoms with Crippen LogP contribution >= 0.6 is 0 Å². The van der Waals surface area contributed by atoms with Gasteiger partial charge in [-0.15, -0.1) is 0 Å². The number of aliphatic hydroxyl groups excluding tert-OH is 2. The summed E-state index contributed by atoms with van der Waals surface area (Å²) in [5.41, 5.74) is -0.496. The largest absolute Gasteiger partial charge is 0.458 e. The quantitative estimate of drug-likeness (QED) is 0.580. The minimum atomic E-state index is -1.01. The van der Waals surface area contributed by atoms with Crippen LogP contribution in [0.4, 0.5) is 0 Å². The maximum absolute atomic E-state index is 12.1. The zero-order valence-electron chi connectivity index (χ0n) is 16.9. The number of aliphatic hydroxyl groups is 2. The Labute approximate surface area is 156 Å². The molecule has 1 heterocycles. The van der Waals surface area contributed by atoms with Crippen molar-refractivity contribution in [1.82, 2.24) is 0 Å². The van der Waals surface area contributed by atoms with Crippen molar-refractivity contribution in [3.63, 3.8) is 0 Å². The predicted molar refractivity (Wildman–Crippen MR) is 99.3 cm³/mol. The molecule has 0 aromatic heterocycles. The van der Waals surface area contributed by atoms with E-state index in [1.165, 1.54) is 0 Å². The molecule has 0 spiro atoms. The number of rotatable bonds is 2. The summed E-state index contributed by atoms with van der Waals surface area (Å²) in [7, 11) is 0. The van der Waals surface area contributed by atoms with Crippen LogP contribution in [0.15, 0.2) is 11.6 Å². The number of esters is 1. The van der Waals surface area contributed by atoms with Crippen molar-refractivity contribution < 1.29 is 24.5 Å². The van der Waals surface area contributed by atoms with Gasteiger partial charge in [0, 0.05) is 17.9 Å². The molecule has 5 unspecified atom stereocenters. The van der Waals surface area contributed by atoms with E-state index in [1.807, 2.05) is 34.6 Å². The van der Waals surface area contributed by atoms with Crippen molar-refractivity contribution in [2.24, 2.45) is 28.6 Å². The third-order valence-corrected chi connectivity index (χ3v) is 6.78. The Bertz CT molecular complexity index is 583. The molecule has 0 saturated heterocycles. The minimum Gasteiger partial charge on any atom is -0.458 e. The molecular weight excluding hydrogens is 332 g/mol. The van der Waals surface area contributed by atoms with E-state index >= 15 is 0 Å². The molecule has 2 aliphatic carbocycles. The van der Waals surface area contributed by atoms with E-state index in [0.717, 1.165) is 11.9 Å². The van der Waals surface area contributed by atoms with Crippen LogP contribution in [0.3, 0.4) is 0 Å². The number of cyclic esters (lactones) is 1. The van der Waals surface area contributed by atoms with Gasteiger partial charge in [0.25, 0.3) is 0 Å². The number of fused-ring (bicyclic) bond motifs is 3. The van der Waals surface area contributed by atoms with Crippen LogP contribution in [-0.4, -0.2) is 40.8 Å². The van der Waals surface area contributed by atoms with Crippen LogP contribution < -0.4 is 0 Å². The standard InChI is InChI=1S/C19H28O5.C2H6/c1-10(2)16-11-7-13(21)17-18(3,12(11)8-15(23)24-16)6-5-14(22)19(17,4)9-20;1-2/h8-11,13-14,16-17,21-22H,5-7H2,1-4H3;1-2H3/t11?,13?,14?,16-,17?,18?,19+;/m1./s1. The lowest BCUT2D eigenvalue weighted by atomic mass is 9.45. The fraction of sp³-hybridized carbons (Fsp3) is 0.810. The molecule has 2 saturated carbocycles. The van der Waals surface area contributed by atoms with E-state index in [4.69, 9.17) is 4.74 Å². The molecule has 2 N–H and O–H groups in total. The van der Waals surface area contributed by atoms with Crippen LogP contribution in [0.5, 0.6) is 0 Å². The van der Waals surface area contributed by atoms with Gasteiger partial charge in [-0.2, -0.15) is 0 Å². The highest BCUT2D eigenvalue weighted by Crippen LogP contribution is 2.62. The molecular formula is C21H34O5. The lowest BCUT2D eigenvalue weighted by molar-refractivity contribution is -0.176. The SMILES string of the molecule is CC.CC(C)[C@H]1OC(=O)C=C2C1CC(O)C1C2(C)CCC(O)[C@]1(C)C=O. The summed E-state index contributed by atoms with van der Waals surface area (Å²) in [6.45, 7) is 11.8. The summed E-state index contributed by atoms with van der Waals surface area (Å²) in [5.74, 6) is -0.602. The summed E-state index contributed by atoms with van der Waals surface area (Å²) < 4.78 is 5.54. The average Bonchev–Trinajstić information content (AvgIpc) is 2.60. The zero-order valence-corrected chi connectivity index (χ0v) is 16.9. The highest BCUT2D eigenvalue weighted by Gasteiger charge is 2.62. The van der Waals surface area contributed by atoms with E-state index in [9.17, 15) is 19.8 Å². The van der Waals surface area contributed by atoms with Crippen molar-refractivity contribution in [3.8, 4) is 0 Å². The summed E-state index contributed by atoms with van der Waals surface area (Å²) in [6.07, 6.45) is 2.24. The average molecular weight is 366 g/mol. The predicted octanol–water partition coefficient (Wildman–Crippen LogP) is 2.88. The van der Waals surface area contributed by atoms with E-state index in [0.29, 0.717) is 19.3 Å². The molecule has 1 aliphatic heterocycles. The molecule has 0 aromatic carbocycles. The third-order valence-electron chi connectivity index (χ3n) is 6.78. The van der Waals surface area contributed by atoms with Crippen molar-refractivity contribution in [2.75, 3.05) is 0 Å². The highest BCUT2D eigenvalue weighted by molar-refractivity contribution is 5.84. The van der Waals surface area contributed by atoms with Gasteiger partial charge in [0.15, 0.2) is 0 Å². The monoisotopic (exact) mass is 366 g/mol. The second kappa shape index (κ2) is 7.43. The fourth-order valence-corrected chi connectivity index (χ4v) is 5.62. The van der Waals surface area contributed by atoms with Crippen molar-refractivity contribution in [2.45, 2.75) is 79.1 Å². The molecule has 5 nitrogen and oxygen atoms in total. The van der Waals surface area contributed by atoms with Gasteiger partial charge in [0.2, 0.25) is 0 Å². The Kier molecular flexibility index (Phi) is 6.03. The van der Waals surface area contributed by atoms with Crippen molar-refractivity contribution in [1.29, 1.82) is 0 Å². The molecule has 26 heavy (non-hydrogen) atoms. The van der Waals surface area contributed by atoms with Gasteiger partial charge in [0.1, 0.15) is 12.4 Å². The lowest BCUT2D eigenvalue weighted by Gasteiger charge is -2.60. The van der Waals surface area contributed by atoms with E-state index in [1.54, 1.807) is 13.0 Å². The van der Waals surface area contributed by atoms with Crippen LogP contribution in [0.1, 0.15) is 60.8 Å². The van der Waals surface area contributed by atoms with Crippen molar-refractivity contribution in [3.05, 3.63) is 11.6 Å². The van der Waals surface area contributed by atoms with E-state index in [2.05, 4.69) is 0 Å². The third kappa shape index (κ3) is 3.03. The van der Waals surface area contributed by atoms with Crippen LogP contribution in [0.25, 0.3) is 0 Å².